The van der Waals surface area contributed by atoms with Gasteiger partial charge in [-0.15, -0.1) is 0 Å². The van der Waals surface area contributed by atoms with Crippen molar-refractivity contribution in [2.75, 3.05) is 7.11 Å². The molecule has 0 heterocycles. The summed E-state index contributed by atoms with van der Waals surface area (Å²) in [5, 5.41) is 0.577. The van der Waals surface area contributed by atoms with Gasteiger partial charge in [-0.05, 0) is 45.8 Å². The largest absolute Gasteiger partial charge is 0.496 e. The standard InChI is InChI=1S/C14H12BrClFNO/c1-19-13-7-9(16)3-4-10(13)14(18)8-2-5-12(17)11(15)6-8/h2-7,14H,18H2,1H3. The normalized spacial score (nSPS) is 12.3. The molecule has 0 aliphatic rings. The van der Waals surface area contributed by atoms with E-state index in [0.29, 0.717) is 15.2 Å². The molecule has 2 aromatic rings. The molecule has 19 heavy (non-hydrogen) atoms. The maximum Gasteiger partial charge on any atom is 0.137 e. The summed E-state index contributed by atoms with van der Waals surface area (Å²) >= 11 is 9.07. The molecule has 0 amide bonds. The second-order valence-corrected chi connectivity index (χ2v) is 5.33. The number of hydrogen-bond donors (Lipinski definition) is 1. The summed E-state index contributed by atoms with van der Waals surface area (Å²) < 4.78 is 18.9. The van der Waals surface area contributed by atoms with Crippen LogP contribution in [0.25, 0.3) is 0 Å². The smallest absolute Gasteiger partial charge is 0.137 e. The number of nitrogens with two attached hydrogens (primary N) is 1. The van der Waals surface area contributed by atoms with Crippen LogP contribution >= 0.6 is 27.5 Å². The van der Waals surface area contributed by atoms with E-state index < -0.39 is 6.04 Å². The molecule has 0 saturated heterocycles. The van der Waals surface area contributed by atoms with Crippen molar-refractivity contribution in [3.8, 4) is 5.75 Å². The molecule has 0 saturated carbocycles. The number of rotatable bonds is 3. The molecule has 0 spiro atoms. The van der Waals surface area contributed by atoms with E-state index >= 15 is 0 Å². The van der Waals surface area contributed by atoms with E-state index in [9.17, 15) is 4.39 Å². The minimum absolute atomic E-state index is 0.320. The molecule has 1 unspecified atom stereocenters. The zero-order valence-corrected chi connectivity index (χ0v) is 12.5. The van der Waals surface area contributed by atoms with Crippen LogP contribution < -0.4 is 10.5 Å². The number of ether oxygens (including phenoxy) is 1. The van der Waals surface area contributed by atoms with Crippen molar-refractivity contribution in [1.82, 2.24) is 0 Å². The molecule has 2 aromatic carbocycles. The van der Waals surface area contributed by atoms with E-state index in [1.54, 1.807) is 31.4 Å². The molecule has 1 atom stereocenters. The van der Waals surface area contributed by atoms with Gasteiger partial charge in [-0.2, -0.15) is 0 Å². The molecular weight excluding hydrogens is 333 g/mol. The van der Waals surface area contributed by atoms with Crippen LogP contribution in [0, 0.1) is 5.82 Å². The van der Waals surface area contributed by atoms with Crippen LogP contribution in [0.3, 0.4) is 0 Å². The third kappa shape index (κ3) is 3.08. The summed E-state index contributed by atoms with van der Waals surface area (Å²) in [7, 11) is 1.56. The van der Waals surface area contributed by atoms with E-state index in [2.05, 4.69) is 15.9 Å². The number of benzene rings is 2. The Morgan fingerprint density at radius 3 is 2.63 bits per heavy atom. The average Bonchev–Trinajstić information content (AvgIpc) is 2.41. The summed E-state index contributed by atoms with van der Waals surface area (Å²) in [5.74, 6) is 0.291. The predicted octanol–water partition coefficient (Wildman–Crippen LogP) is 4.30. The third-order valence-corrected chi connectivity index (χ3v) is 3.68. The van der Waals surface area contributed by atoms with Crippen LogP contribution in [0.1, 0.15) is 17.2 Å². The molecule has 5 heteroatoms. The third-order valence-electron chi connectivity index (χ3n) is 2.83. The Labute approximate surface area is 124 Å². The first-order valence-corrected chi connectivity index (χ1v) is 6.74. The van der Waals surface area contributed by atoms with Gasteiger partial charge in [0.05, 0.1) is 17.6 Å². The van der Waals surface area contributed by atoms with Crippen molar-refractivity contribution in [3.05, 3.63) is 62.8 Å². The first kappa shape index (κ1) is 14.3. The summed E-state index contributed by atoms with van der Waals surface area (Å²) in [6, 6.07) is 9.54. The zero-order valence-electron chi connectivity index (χ0n) is 10.2. The molecule has 0 aliphatic heterocycles. The second-order valence-electron chi connectivity index (χ2n) is 4.04. The molecule has 2 N–H and O–H groups in total. The Balaban J connectivity index is 2.43. The van der Waals surface area contributed by atoms with Crippen molar-refractivity contribution in [2.24, 2.45) is 5.73 Å². The fourth-order valence-corrected chi connectivity index (χ4v) is 2.39. The average molecular weight is 345 g/mol. The highest BCUT2D eigenvalue weighted by Gasteiger charge is 2.15. The Kier molecular flexibility index (Phi) is 4.45. The van der Waals surface area contributed by atoms with E-state index in [1.165, 1.54) is 6.07 Å². The van der Waals surface area contributed by atoms with Crippen LogP contribution in [-0.2, 0) is 0 Å². The van der Waals surface area contributed by atoms with Gasteiger partial charge in [0.1, 0.15) is 11.6 Å². The van der Waals surface area contributed by atoms with Crippen molar-refractivity contribution in [2.45, 2.75) is 6.04 Å². The topological polar surface area (TPSA) is 35.2 Å². The molecule has 0 bridgehead atoms. The molecule has 0 aliphatic carbocycles. The maximum atomic E-state index is 13.2. The number of halogens is 3. The summed E-state index contributed by atoms with van der Waals surface area (Å²) in [6.07, 6.45) is 0. The van der Waals surface area contributed by atoms with Crippen LogP contribution in [0.2, 0.25) is 5.02 Å². The van der Waals surface area contributed by atoms with Crippen LogP contribution in [0.4, 0.5) is 4.39 Å². The number of methoxy groups -OCH3 is 1. The van der Waals surface area contributed by atoms with E-state index in [1.807, 2.05) is 6.07 Å². The SMILES string of the molecule is COc1cc(Cl)ccc1C(N)c1ccc(F)c(Br)c1. The highest BCUT2D eigenvalue weighted by Crippen LogP contribution is 2.32. The van der Waals surface area contributed by atoms with E-state index in [4.69, 9.17) is 22.1 Å². The molecule has 2 rings (SSSR count). The van der Waals surface area contributed by atoms with E-state index in [-0.39, 0.29) is 5.82 Å². The van der Waals surface area contributed by atoms with Gasteiger partial charge in [-0.1, -0.05) is 23.7 Å². The van der Waals surface area contributed by atoms with Gasteiger partial charge in [-0.3, -0.25) is 0 Å². The van der Waals surface area contributed by atoms with Crippen LogP contribution in [0.15, 0.2) is 40.9 Å². The lowest BCUT2D eigenvalue weighted by atomic mass is 9.99. The van der Waals surface area contributed by atoms with Gasteiger partial charge in [0.15, 0.2) is 0 Å². The maximum absolute atomic E-state index is 13.2. The molecule has 0 aromatic heterocycles. The fraction of sp³-hybridized carbons (Fsp3) is 0.143. The first-order valence-electron chi connectivity index (χ1n) is 5.57. The van der Waals surface area contributed by atoms with Gasteiger partial charge >= 0.3 is 0 Å². The van der Waals surface area contributed by atoms with Crippen molar-refractivity contribution < 1.29 is 9.13 Å². The summed E-state index contributed by atoms with van der Waals surface area (Å²) in [5.41, 5.74) is 7.78. The van der Waals surface area contributed by atoms with Gasteiger partial charge in [0, 0.05) is 10.6 Å². The van der Waals surface area contributed by atoms with Gasteiger partial charge in [0.2, 0.25) is 0 Å². The Morgan fingerprint density at radius 2 is 2.00 bits per heavy atom. The Hall–Kier alpha value is -1.10. The molecule has 100 valence electrons. The van der Waals surface area contributed by atoms with Crippen molar-refractivity contribution in [3.63, 3.8) is 0 Å². The molecule has 0 fully saturated rings. The lowest BCUT2D eigenvalue weighted by Gasteiger charge is -2.16. The van der Waals surface area contributed by atoms with E-state index in [0.717, 1.165) is 11.1 Å². The Bertz CT molecular complexity index is 606. The fourth-order valence-electron chi connectivity index (χ4n) is 1.83. The first-order chi connectivity index (χ1) is 9.02. The number of hydrogen-bond acceptors (Lipinski definition) is 2. The van der Waals surface area contributed by atoms with Crippen molar-refractivity contribution >= 4 is 27.5 Å². The van der Waals surface area contributed by atoms with Gasteiger partial charge in [-0.25, -0.2) is 4.39 Å². The van der Waals surface area contributed by atoms with Crippen LogP contribution in [0.5, 0.6) is 5.75 Å². The zero-order chi connectivity index (χ0) is 14.0. The lowest BCUT2D eigenvalue weighted by Crippen LogP contribution is -2.13. The predicted molar refractivity (Wildman–Crippen MR) is 78.1 cm³/mol. The van der Waals surface area contributed by atoms with Gasteiger partial charge < -0.3 is 10.5 Å². The van der Waals surface area contributed by atoms with Gasteiger partial charge in [0.25, 0.3) is 0 Å². The highest BCUT2D eigenvalue weighted by atomic mass is 79.9. The lowest BCUT2D eigenvalue weighted by molar-refractivity contribution is 0.408. The summed E-state index contributed by atoms with van der Waals surface area (Å²) in [4.78, 5) is 0. The molecular formula is C14H12BrClFNO. The Morgan fingerprint density at radius 1 is 1.26 bits per heavy atom. The molecule has 2 nitrogen and oxygen atoms in total. The molecule has 0 radical (unpaired) electrons. The highest BCUT2D eigenvalue weighted by molar-refractivity contribution is 9.10. The monoisotopic (exact) mass is 343 g/mol. The minimum Gasteiger partial charge on any atom is -0.496 e. The quantitative estimate of drug-likeness (QED) is 0.901. The second kappa shape index (κ2) is 5.90. The minimum atomic E-state index is -0.413. The van der Waals surface area contributed by atoms with Crippen molar-refractivity contribution in [1.29, 1.82) is 0 Å². The summed E-state index contributed by atoms with van der Waals surface area (Å²) in [6.45, 7) is 0. The van der Waals surface area contributed by atoms with Crippen LogP contribution in [-0.4, -0.2) is 7.11 Å².